The fraction of sp³-hybridized carbons (Fsp3) is 1.00. The molecule has 0 fully saturated rings. The molecule has 0 saturated carbocycles. The Labute approximate surface area is 80.2 Å². The summed E-state index contributed by atoms with van der Waals surface area (Å²) in [6.45, 7) is 0. The Kier molecular flexibility index (Phi) is 3.33. The molecule has 0 aromatic carbocycles. The summed E-state index contributed by atoms with van der Waals surface area (Å²) < 4.78 is 85.4. The standard InChI is InChI=1S/CF4NO4S2.Zn/c2-1(3,4)11(7,8)6-12(5,9)10;/q-1;+2. The molecule has 74 valence electrons. The van der Waals surface area contributed by atoms with Crippen molar-refractivity contribution < 1.29 is 54.1 Å². The molecule has 0 aromatic heterocycles. The molecule has 13 heavy (non-hydrogen) atoms. The molecule has 0 spiro atoms. The van der Waals surface area contributed by atoms with Crippen LogP contribution in [0.25, 0.3) is 0 Å². The van der Waals surface area contributed by atoms with Gasteiger partial charge in [0.2, 0.25) is 0 Å². The van der Waals surface area contributed by atoms with Gasteiger partial charge < -0.3 is 0 Å². The molecule has 0 atom stereocenters. The zero-order valence-electron chi connectivity index (χ0n) is 5.62. The molecule has 0 aliphatic heterocycles. The number of nitrogens with zero attached hydrogens (tertiary/aromatic N) is 1. The fourth-order valence-corrected chi connectivity index (χ4v) is 2.58. The van der Waals surface area contributed by atoms with Crippen LogP contribution in [-0.4, -0.2) is 24.4 Å². The van der Waals surface area contributed by atoms with E-state index in [9.17, 15) is 33.9 Å². The van der Waals surface area contributed by atoms with Gasteiger partial charge in [0.25, 0.3) is 0 Å². The molecule has 0 rings (SSSR count). The van der Waals surface area contributed by atoms with Crippen molar-refractivity contribution in [3.63, 3.8) is 0 Å². The normalized spacial score (nSPS) is 14.3. The summed E-state index contributed by atoms with van der Waals surface area (Å²) in [5.41, 5.74) is -5.82. The first kappa shape index (κ1) is 13.0. The van der Waals surface area contributed by atoms with E-state index in [1.165, 1.54) is 0 Å². The SMILES string of the molecule is O=S(=O)(F)[N+](=[Zn])S(=O)(=O)C(F)(F)F. The Morgan fingerprint density at radius 3 is 1.46 bits per heavy atom. The van der Waals surface area contributed by atoms with Gasteiger partial charge in [-0.3, -0.25) is 0 Å². The average Bonchev–Trinajstić information content (AvgIpc) is 1.81. The van der Waals surface area contributed by atoms with E-state index < -0.39 is 46.1 Å². The van der Waals surface area contributed by atoms with Crippen LogP contribution in [0.1, 0.15) is 0 Å². The predicted octanol–water partition coefficient (Wildman–Crippen LogP) is -0.207. The van der Waals surface area contributed by atoms with Gasteiger partial charge >= 0.3 is 80.0 Å². The predicted molar refractivity (Wildman–Crippen MR) is 25.3 cm³/mol. The van der Waals surface area contributed by atoms with E-state index in [0.717, 1.165) is 0 Å². The molecule has 12 heteroatoms. The molecule has 0 aromatic rings. The van der Waals surface area contributed by atoms with E-state index in [2.05, 4.69) is 0 Å². The molecule has 0 bridgehead atoms. The van der Waals surface area contributed by atoms with Gasteiger partial charge in [-0.05, 0) is 0 Å². The third-order valence-corrected chi connectivity index (χ3v) is 7.62. The Balaban J connectivity index is 5.52. The van der Waals surface area contributed by atoms with Crippen molar-refractivity contribution in [1.82, 2.24) is 0 Å². The number of rotatable bonds is 2. The van der Waals surface area contributed by atoms with Crippen molar-refractivity contribution in [3.8, 4) is 0 Å². The minimum atomic E-state index is -6.11. The summed E-state index contributed by atoms with van der Waals surface area (Å²) in [6.07, 6.45) is 0. The van der Waals surface area contributed by atoms with Gasteiger partial charge in [0.15, 0.2) is 0 Å². The molecule has 0 aliphatic carbocycles. The average molecular weight is 296 g/mol. The van der Waals surface area contributed by atoms with Crippen LogP contribution in [0.3, 0.4) is 0 Å². The fourth-order valence-electron chi connectivity index (χ4n) is 0.233. The maximum atomic E-state index is 11.9. The van der Waals surface area contributed by atoms with Crippen molar-refractivity contribution >= 4 is 20.4 Å². The summed E-state index contributed by atoms with van der Waals surface area (Å²) in [5.74, 6) is 0. The van der Waals surface area contributed by atoms with E-state index in [-0.39, 0.29) is 0 Å². The first-order valence-electron chi connectivity index (χ1n) is 2.27. The maximum absolute atomic E-state index is 11.9. The van der Waals surface area contributed by atoms with Gasteiger partial charge in [0.1, 0.15) is 0 Å². The van der Waals surface area contributed by atoms with Gasteiger partial charge in [0.05, 0.1) is 0 Å². The molecule has 0 N–H and O–H groups in total. The zero-order chi connectivity index (χ0) is 11.1. The van der Waals surface area contributed by atoms with Crippen LogP contribution in [0.15, 0.2) is 0 Å². The Bertz CT molecular complexity index is 418. The number of hydrogen-bond donors (Lipinski definition) is 0. The van der Waals surface area contributed by atoms with Crippen LogP contribution >= 0.6 is 0 Å². The molecular weight excluding hydrogens is 296 g/mol. The summed E-state index contributed by atoms with van der Waals surface area (Å²) in [6, 6.07) is 0. The molecule has 0 saturated heterocycles. The first-order chi connectivity index (χ1) is 5.40. The molecule has 5 nitrogen and oxygen atoms in total. The summed E-state index contributed by atoms with van der Waals surface area (Å²) in [7, 11) is -12.0. The summed E-state index contributed by atoms with van der Waals surface area (Å²) in [5, 5.41) is 0. The van der Waals surface area contributed by atoms with E-state index in [1.54, 1.807) is 0 Å². The number of halogens is 4. The van der Waals surface area contributed by atoms with E-state index in [1.807, 2.05) is 0 Å². The minimum absolute atomic E-state index is 1.04. The van der Waals surface area contributed by atoms with Crippen molar-refractivity contribution in [3.05, 3.63) is 0 Å². The van der Waals surface area contributed by atoms with Crippen molar-refractivity contribution in [2.24, 2.45) is 0 Å². The molecule has 0 aliphatic rings. The Morgan fingerprint density at radius 1 is 1.08 bits per heavy atom. The summed E-state index contributed by atoms with van der Waals surface area (Å²) >= 11 is -1.04. The van der Waals surface area contributed by atoms with Crippen molar-refractivity contribution in [2.45, 2.75) is 5.51 Å². The van der Waals surface area contributed by atoms with Crippen LogP contribution in [0.4, 0.5) is 17.1 Å². The van der Waals surface area contributed by atoms with E-state index >= 15 is 0 Å². The van der Waals surface area contributed by atoms with E-state index in [0.29, 0.717) is 0 Å². The van der Waals surface area contributed by atoms with Gasteiger partial charge in [-0.2, -0.15) is 0 Å². The number of sulfonamides is 1. The second-order valence-electron chi connectivity index (χ2n) is 1.67. The van der Waals surface area contributed by atoms with Crippen LogP contribution in [0.2, 0.25) is 0 Å². The number of alkyl halides is 3. The third-order valence-electron chi connectivity index (χ3n) is 0.804. The molecular formula is CF4NO4S2Zn+. The quantitative estimate of drug-likeness (QED) is 0.402. The van der Waals surface area contributed by atoms with Crippen LogP contribution in [-0.2, 0) is 38.5 Å². The molecule has 0 amide bonds. The first-order valence-corrected chi connectivity index (χ1v) is 6.38. The topological polar surface area (TPSA) is 71.3 Å². The van der Waals surface area contributed by atoms with Crippen LogP contribution in [0, 0.1) is 0 Å². The van der Waals surface area contributed by atoms with Crippen LogP contribution < -0.4 is 0 Å². The van der Waals surface area contributed by atoms with E-state index in [4.69, 9.17) is 0 Å². The zero-order valence-corrected chi connectivity index (χ0v) is 10.2. The van der Waals surface area contributed by atoms with Crippen molar-refractivity contribution in [2.75, 3.05) is 0 Å². The molecule has 0 unspecified atom stereocenters. The monoisotopic (exact) mass is 294 g/mol. The van der Waals surface area contributed by atoms with Gasteiger partial charge in [-0.15, -0.1) is 0 Å². The number of hydrogen-bond acceptors (Lipinski definition) is 4. The second-order valence-corrected chi connectivity index (χ2v) is 8.27. The van der Waals surface area contributed by atoms with Crippen molar-refractivity contribution in [1.29, 1.82) is 0 Å². The second kappa shape index (κ2) is 3.32. The molecule has 0 radical (unpaired) electrons. The van der Waals surface area contributed by atoms with Gasteiger partial charge in [-0.25, -0.2) is 0 Å². The van der Waals surface area contributed by atoms with Gasteiger partial charge in [-0.1, -0.05) is 0 Å². The summed E-state index contributed by atoms with van der Waals surface area (Å²) in [4.78, 5) is 0. The van der Waals surface area contributed by atoms with Crippen LogP contribution in [0.5, 0.6) is 0 Å². The Morgan fingerprint density at radius 2 is 1.38 bits per heavy atom. The molecule has 0 heterocycles. The Hall–Kier alpha value is 0.0434. The third kappa shape index (κ3) is 2.74. The van der Waals surface area contributed by atoms with Gasteiger partial charge in [0, 0.05) is 0 Å².